The van der Waals surface area contributed by atoms with E-state index in [2.05, 4.69) is 15.3 Å². The monoisotopic (exact) mass is 151 g/mol. The van der Waals surface area contributed by atoms with Crippen LogP contribution in [-0.2, 0) is 0 Å². The molecule has 2 N–H and O–H groups in total. The molecule has 1 aromatic heterocycles. The van der Waals surface area contributed by atoms with E-state index in [1.165, 1.54) is 5.56 Å². The summed E-state index contributed by atoms with van der Waals surface area (Å²) >= 11 is 0. The van der Waals surface area contributed by atoms with E-state index in [0.29, 0.717) is 0 Å². The molecule has 0 aromatic carbocycles. The molecule has 0 aliphatic heterocycles. The van der Waals surface area contributed by atoms with Crippen LogP contribution in [0.3, 0.4) is 0 Å². The maximum absolute atomic E-state index is 3.99. The van der Waals surface area contributed by atoms with Crippen LogP contribution in [0.5, 0.6) is 0 Å². The lowest BCUT2D eigenvalue weighted by Gasteiger charge is -2.02. The summed E-state index contributed by atoms with van der Waals surface area (Å²) in [7, 11) is 1.76. The highest BCUT2D eigenvalue weighted by molar-refractivity contribution is 5.93. The molecule has 0 saturated heterocycles. The van der Waals surface area contributed by atoms with Crippen LogP contribution in [-0.4, -0.2) is 17.9 Å². The number of nitrogens with zero attached hydrogens (tertiary/aromatic N) is 1. The Labute approximate surface area is 66.5 Å². The fourth-order valence-electron chi connectivity index (χ4n) is 0.819. The number of nitrogens with one attached hydrogen (secondary N) is 2. The number of hydrogen-bond acceptors (Lipinski definition) is 1. The van der Waals surface area contributed by atoms with Crippen LogP contribution in [0.2, 0.25) is 0 Å². The Morgan fingerprint density at radius 1 is 1.64 bits per heavy atom. The lowest BCUT2D eigenvalue weighted by Crippen LogP contribution is -2.07. The van der Waals surface area contributed by atoms with Crippen molar-refractivity contribution in [3.05, 3.63) is 17.8 Å². The number of anilines is 1. The van der Waals surface area contributed by atoms with Crippen LogP contribution >= 0.6 is 0 Å². The maximum atomic E-state index is 3.99. The average Bonchev–Trinajstić information content (AvgIpc) is 2.37. The molecule has 0 amide bonds. The molecule has 1 rings (SSSR count). The van der Waals surface area contributed by atoms with Gasteiger partial charge in [-0.05, 0) is 25.5 Å². The molecule has 0 aliphatic carbocycles. The lowest BCUT2D eigenvalue weighted by atomic mass is 10.3. The van der Waals surface area contributed by atoms with Gasteiger partial charge in [0, 0.05) is 13.2 Å². The quantitative estimate of drug-likeness (QED) is 0.466. The smallest absolute Gasteiger partial charge is 0.111 e. The van der Waals surface area contributed by atoms with E-state index in [0.717, 1.165) is 11.7 Å². The molecule has 0 unspecified atom stereocenters. The molecule has 3 heteroatoms. The van der Waals surface area contributed by atoms with Crippen LogP contribution in [0.1, 0.15) is 12.5 Å². The standard InChI is InChI=1S/C8H13N3/c1-6-4-5-10-8(6)11-7(2)9-3/h4-5,10H,1-3H3,(H,9,11). The number of aliphatic imine (C=N–C) groups is 1. The van der Waals surface area contributed by atoms with E-state index in [-0.39, 0.29) is 0 Å². The van der Waals surface area contributed by atoms with E-state index in [1.54, 1.807) is 7.05 Å². The lowest BCUT2D eigenvalue weighted by molar-refractivity contribution is 1.33. The van der Waals surface area contributed by atoms with E-state index >= 15 is 0 Å². The van der Waals surface area contributed by atoms with Gasteiger partial charge < -0.3 is 10.3 Å². The predicted molar refractivity (Wildman–Crippen MR) is 48.2 cm³/mol. The zero-order valence-electron chi connectivity index (χ0n) is 7.10. The molecule has 0 spiro atoms. The summed E-state index contributed by atoms with van der Waals surface area (Å²) < 4.78 is 0. The molecule has 0 saturated carbocycles. The minimum atomic E-state index is 0.913. The second-order valence-electron chi connectivity index (χ2n) is 2.47. The van der Waals surface area contributed by atoms with Crippen molar-refractivity contribution in [2.45, 2.75) is 13.8 Å². The van der Waals surface area contributed by atoms with Crippen molar-refractivity contribution in [3.63, 3.8) is 0 Å². The van der Waals surface area contributed by atoms with Gasteiger partial charge >= 0.3 is 0 Å². The SMILES string of the molecule is CN=C(C)Nc1[nH]ccc1C. The largest absolute Gasteiger partial charge is 0.348 e. The molecular formula is C8H13N3. The van der Waals surface area contributed by atoms with Crippen molar-refractivity contribution in [2.24, 2.45) is 4.99 Å². The molecule has 0 atom stereocenters. The van der Waals surface area contributed by atoms with Gasteiger partial charge in [0.25, 0.3) is 0 Å². The van der Waals surface area contributed by atoms with Crippen LogP contribution < -0.4 is 5.32 Å². The number of H-pyrrole nitrogens is 1. The number of aryl methyl sites for hydroxylation is 1. The van der Waals surface area contributed by atoms with Crippen molar-refractivity contribution in [2.75, 3.05) is 12.4 Å². The molecule has 1 heterocycles. The highest BCUT2D eigenvalue weighted by Gasteiger charge is 1.96. The number of rotatable bonds is 1. The molecule has 0 radical (unpaired) electrons. The van der Waals surface area contributed by atoms with Gasteiger partial charge in [-0.15, -0.1) is 0 Å². The number of aromatic amines is 1. The van der Waals surface area contributed by atoms with Crippen LogP contribution in [0.15, 0.2) is 17.3 Å². The Bertz CT molecular complexity index is 260. The fourth-order valence-corrected chi connectivity index (χ4v) is 0.819. The number of amidine groups is 1. The van der Waals surface area contributed by atoms with Gasteiger partial charge in [0.15, 0.2) is 0 Å². The van der Waals surface area contributed by atoms with Crippen molar-refractivity contribution >= 4 is 11.7 Å². The van der Waals surface area contributed by atoms with Gasteiger partial charge in [0.05, 0.1) is 5.84 Å². The summed E-state index contributed by atoms with van der Waals surface area (Å²) in [6, 6.07) is 2.02. The molecule has 0 bridgehead atoms. The summed E-state index contributed by atoms with van der Waals surface area (Å²) in [5, 5.41) is 3.13. The third-order valence-electron chi connectivity index (χ3n) is 1.60. The first-order valence-corrected chi connectivity index (χ1v) is 3.58. The van der Waals surface area contributed by atoms with Crippen LogP contribution in [0, 0.1) is 6.92 Å². The summed E-state index contributed by atoms with van der Waals surface area (Å²) in [6.07, 6.45) is 1.90. The molecule has 0 aliphatic rings. The van der Waals surface area contributed by atoms with Gasteiger partial charge in [-0.2, -0.15) is 0 Å². The van der Waals surface area contributed by atoms with Crippen molar-refractivity contribution in [1.82, 2.24) is 4.98 Å². The zero-order chi connectivity index (χ0) is 8.27. The summed E-state index contributed by atoms with van der Waals surface area (Å²) in [5.74, 6) is 1.93. The maximum Gasteiger partial charge on any atom is 0.111 e. The molecule has 1 aromatic rings. The second-order valence-corrected chi connectivity index (χ2v) is 2.47. The topological polar surface area (TPSA) is 40.2 Å². The molecule has 3 nitrogen and oxygen atoms in total. The van der Waals surface area contributed by atoms with Gasteiger partial charge in [-0.1, -0.05) is 0 Å². The minimum absolute atomic E-state index is 0.913. The number of hydrogen-bond donors (Lipinski definition) is 2. The summed E-state index contributed by atoms with van der Waals surface area (Å²) in [5.41, 5.74) is 1.20. The van der Waals surface area contributed by atoms with E-state index in [4.69, 9.17) is 0 Å². The first kappa shape index (κ1) is 7.85. The summed E-state index contributed by atoms with van der Waals surface area (Å²) in [4.78, 5) is 7.07. The predicted octanol–water partition coefficient (Wildman–Crippen LogP) is 1.78. The first-order chi connectivity index (χ1) is 5.24. The van der Waals surface area contributed by atoms with Crippen molar-refractivity contribution < 1.29 is 0 Å². The average molecular weight is 151 g/mol. The van der Waals surface area contributed by atoms with Crippen LogP contribution in [0.25, 0.3) is 0 Å². The Balaban J connectivity index is 2.72. The Morgan fingerprint density at radius 2 is 2.36 bits per heavy atom. The Hall–Kier alpha value is -1.25. The van der Waals surface area contributed by atoms with Crippen LogP contribution in [0.4, 0.5) is 5.82 Å². The Kier molecular flexibility index (Phi) is 2.31. The van der Waals surface area contributed by atoms with E-state index in [9.17, 15) is 0 Å². The first-order valence-electron chi connectivity index (χ1n) is 3.58. The molecule has 0 fully saturated rings. The third kappa shape index (κ3) is 1.83. The fraction of sp³-hybridized carbons (Fsp3) is 0.375. The molecule has 60 valence electrons. The highest BCUT2D eigenvalue weighted by Crippen LogP contribution is 2.09. The van der Waals surface area contributed by atoms with Crippen molar-refractivity contribution in [1.29, 1.82) is 0 Å². The second kappa shape index (κ2) is 3.23. The number of aromatic nitrogens is 1. The molecular weight excluding hydrogens is 138 g/mol. The minimum Gasteiger partial charge on any atom is -0.348 e. The van der Waals surface area contributed by atoms with Gasteiger partial charge in [-0.3, -0.25) is 4.99 Å². The highest BCUT2D eigenvalue weighted by atomic mass is 15.0. The van der Waals surface area contributed by atoms with Gasteiger partial charge in [0.2, 0.25) is 0 Å². The Morgan fingerprint density at radius 3 is 2.82 bits per heavy atom. The third-order valence-corrected chi connectivity index (χ3v) is 1.60. The zero-order valence-corrected chi connectivity index (χ0v) is 7.10. The van der Waals surface area contributed by atoms with E-state index in [1.807, 2.05) is 26.1 Å². The van der Waals surface area contributed by atoms with Gasteiger partial charge in [-0.25, -0.2) is 0 Å². The molecule has 11 heavy (non-hydrogen) atoms. The van der Waals surface area contributed by atoms with E-state index < -0.39 is 0 Å². The normalized spacial score (nSPS) is 11.7. The summed E-state index contributed by atoms with van der Waals surface area (Å²) in [6.45, 7) is 3.97. The van der Waals surface area contributed by atoms with Crippen molar-refractivity contribution in [3.8, 4) is 0 Å². The van der Waals surface area contributed by atoms with Gasteiger partial charge in [0.1, 0.15) is 5.82 Å².